The highest BCUT2D eigenvalue weighted by Gasteiger charge is 2.38. The summed E-state index contributed by atoms with van der Waals surface area (Å²) in [6.45, 7) is 4.21. The molecule has 0 saturated carbocycles. The van der Waals surface area contributed by atoms with Crippen molar-refractivity contribution < 1.29 is 19.0 Å². The summed E-state index contributed by atoms with van der Waals surface area (Å²) in [6.07, 6.45) is 2.54. The van der Waals surface area contributed by atoms with E-state index >= 15 is 0 Å². The fourth-order valence-corrected chi connectivity index (χ4v) is 3.51. The lowest BCUT2D eigenvalue weighted by atomic mass is 9.83. The minimum atomic E-state index is -0.250. The normalized spacial score (nSPS) is 17.4. The molecule has 144 valence electrons. The number of para-hydroxylation sites is 1. The topological polar surface area (TPSA) is 56.8 Å². The summed E-state index contributed by atoms with van der Waals surface area (Å²) < 4.78 is 17.1. The van der Waals surface area contributed by atoms with Crippen molar-refractivity contribution in [2.75, 3.05) is 13.7 Å². The lowest BCUT2D eigenvalue weighted by molar-refractivity contribution is -0.124. The molecule has 1 aliphatic heterocycles. The molecule has 0 aliphatic carbocycles. The van der Waals surface area contributed by atoms with Gasteiger partial charge in [0, 0.05) is 18.1 Å². The van der Waals surface area contributed by atoms with E-state index in [1.807, 2.05) is 36.4 Å². The summed E-state index contributed by atoms with van der Waals surface area (Å²) in [5, 5.41) is 3.12. The van der Waals surface area contributed by atoms with Crippen molar-refractivity contribution in [3.8, 4) is 17.2 Å². The Morgan fingerprint density at radius 1 is 1.15 bits per heavy atom. The second-order valence-corrected chi connectivity index (χ2v) is 6.82. The SMILES string of the molecule is CCC1(CC)C[C@H](NC(=O)COc2cccc(OC)c2)c2ccccc2O1. The first-order valence-electron chi connectivity index (χ1n) is 9.43. The summed E-state index contributed by atoms with van der Waals surface area (Å²) >= 11 is 0. The van der Waals surface area contributed by atoms with Gasteiger partial charge in [0.1, 0.15) is 22.8 Å². The van der Waals surface area contributed by atoms with Crippen LogP contribution in [0.2, 0.25) is 0 Å². The largest absolute Gasteiger partial charge is 0.497 e. The summed E-state index contributed by atoms with van der Waals surface area (Å²) in [7, 11) is 1.60. The molecular weight excluding hydrogens is 342 g/mol. The molecule has 0 saturated heterocycles. The summed E-state index contributed by atoms with van der Waals surface area (Å²) in [6, 6.07) is 15.1. The van der Waals surface area contributed by atoms with Crippen molar-refractivity contribution in [3.05, 3.63) is 54.1 Å². The highest BCUT2D eigenvalue weighted by atomic mass is 16.5. The van der Waals surface area contributed by atoms with Crippen molar-refractivity contribution in [1.82, 2.24) is 5.32 Å². The average molecular weight is 369 g/mol. The molecule has 27 heavy (non-hydrogen) atoms. The number of fused-ring (bicyclic) bond motifs is 1. The Morgan fingerprint density at radius 3 is 2.63 bits per heavy atom. The monoisotopic (exact) mass is 369 g/mol. The minimum absolute atomic E-state index is 0.0437. The Hall–Kier alpha value is -2.69. The molecule has 2 aromatic rings. The fraction of sp³-hybridized carbons (Fsp3) is 0.409. The number of rotatable bonds is 7. The molecule has 1 amide bonds. The number of methoxy groups -OCH3 is 1. The predicted molar refractivity (Wildman–Crippen MR) is 104 cm³/mol. The molecule has 2 aromatic carbocycles. The number of carbonyl (C=O) groups is 1. The number of amides is 1. The van der Waals surface area contributed by atoms with E-state index in [2.05, 4.69) is 19.2 Å². The van der Waals surface area contributed by atoms with Crippen LogP contribution in [-0.4, -0.2) is 25.2 Å². The van der Waals surface area contributed by atoms with Crippen molar-refractivity contribution in [1.29, 1.82) is 0 Å². The van der Waals surface area contributed by atoms with Gasteiger partial charge in [-0.25, -0.2) is 0 Å². The van der Waals surface area contributed by atoms with Gasteiger partial charge in [-0.05, 0) is 31.0 Å². The van der Waals surface area contributed by atoms with Crippen molar-refractivity contribution >= 4 is 5.91 Å². The third kappa shape index (κ3) is 4.35. The van der Waals surface area contributed by atoms with Crippen molar-refractivity contribution in [3.63, 3.8) is 0 Å². The number of hydrogen-bond donors (Lipinski definition) is 1. The number of carbonyl (C=O) groups excluding carboxylic acids is 1. The number of ether oxygens (including phenoxy) is 3. The third-order valence-corrected chi connectivity index (χ3v) is 5.23. The van der Waals surface area contributed by atoms with E-state index in [9.17, 15) is 4.79 Å². The maximum atomic E-state index is 12.5. The Bertz CT molecular complexity index is 785. The van der Waals surface area contributed by atoms with Gasteiger partial charge >= 0.3 is 0 Å². The van der Waals surface area contributed by atoms with E-state index in [4.69, 9.17) is 14.2 Å². The molecule has 1 N–H and O–H groups in total. The third-order valence-electron chi connectivity index (χ3n) is 5.23. The van der Waals surface area contributed by atoms with Crippen LogP contribution in [0, 0.1) is 0 Å². The van der Waals surface area contributed by atoms with E-state index in [0.717, 1.165) is 30.6 Å². The van der Waals surface area contributed by atoms with Crippen molar-refractivity contribution in [2.24, 2.45) is 0 Å². The van der Waals surface area contributed by atoms with Gasteiger partial charge in [-0.1, -0.05) is 38.1 Å². The fourth-order valence-electron chi connectivity index (χ4n) is 3.51. The minimum Gasteiger partial charge on any atom is -0.497 e. The second-order valence-electron chi connectivity index (χ2n) is 6.82. The zero-order chi connectivity index (χ0) is 19.3. The zero-order valence-electron chi connectivity index (χ0n) is 16.2. The molecule has 0 aromatic heterocycles. The molecule has 3 rings (SSSR count). The maximum Gasteiger partial charge on any atom is 0.258 e. The van der Waals surface area contributed by atoms with Gasteiger partial charge in [-0.2, -0.15) is 0 Å². The molecule has 1 aliphatic rings. The summed E-state index contributed by atoms with van der Waals surface area (Å²) in [5.41, 5.74) is 0.768. The molecule has 5 nitrogen and oxygen atoms in total. The smallest absolute Gasteiger partial charge is 0.258 e. The van der Waals surface area contributed by atoms with Gasteiger partial charge in [0.15, 0.2) is 6.61 Å². The van der Waals surface area contributed by atoms with Gasteiger partial charge in [-0.15, -0.1) is 0 Å². The van der Waals surface area contributed by atoms with Crippen LogP contribution in [-0.2, 0) is 4.79 Å². The first-order chi connectivity index (χ1) is 13.1. The molecule has 0 radical (unpaired) electrons. The molecule has 0 fully saturated rings. The van der Waals surface area contributed by atoms with Gasteiger partial charge in [0.05, 0.1) is 13.2 Å². The first kappa shape index (κ1) is 19.1. The molecule has 1 atom stereocenters. The Morgan fingerprint density at radius 2 is 1.89 bits per heavy atom. The van der Waals surface area contributed by atoms with Crippen LogP contribution in [0.5, 0.6) is 17.2 Å². The van der Waals surface area contributed by atoms with E-state index in [1.54, 1.807) is 19.2 Å². The number of nitrogens with one attached hydrogen (secondary N) is 1. The molecule has 0 bridgehead atoms. The highest BCUT2D eigenvalue weighted by Crippen LogP contribution is 2.42. The lowest BCUT2D eigenvalue weighted by Gasteiger charge is -2.41. The molecular formula is C22H27NO4. The lowest BCUT2D eigenvalue weighted by Crippen LogP contribution is -2.45. The van der Waals surface area contributed by atoms with Crippen molar-refractivity contribution in [2.45, 2.75) is 44.8 Å². The highest BCUT2D eigenvalue weighted by molar-refractivity contribution is 5.78. The van der Waals surface area contributed by atoms with Crippen LogP contribution in [0.25, 0.3) is 0 Å². The molecule has 5 heteroatoms. The first-order valence-corrected chi connectivity index (χ1v) is 9.43. The second kappa shape index (κ2) is 8.33. The van der Waals surface area contributed by atoms with Gasteiger partial charge < -0.3 is 19.5 Å². The van der Waals surface area contributed by atoms with Crippen LogP contribution >= 0.6 is 0 Å². The standard InChI is InChI=1S/C22H27NO4/c1-4-22(5-2)14-19(18-11-6-7-12-20(18)27-22)23-21(24)15-26-17-10-8-9-16(13-17)25-3/h6-13,19H,4-5,14-15H2,1-3H3,(H,23,24)/t19-/m0/s1. The van der Waals surface area contributed by atoms with Crippen LogP contribution in [0.15, 0.2) is 48.5 Å². The number of hydrogen-bond acceptors (Lipinski definition) is 4. The van der Waals surface area contributed by atoms with Gasteiger partial charge in [0.25, 0.3) is 5.91 Å². The van der Waals surface area contributed by atoms with Gasteiger partial charge in [-0.3, -0.25) is 4.79 Å². The maximum absolute atomic E-state index is 12.5. The molecule has 1 heterocycles. The van der Waals surface area contributed by atoms with E-state index < -0.39 is 0 Å². The van der Waals surface area contributed by atoms with Crippen LogP contribution in [0.4, 0.5) is 0 Å². The summed E-state index contributed by atoms with van der Waals surface area (Å²) in [5.74, 6) is 2.00. The summed E-state index contributed by atoms with van der Waals surface area (Å²) in [4.78, 5) is 12.5. The van der Waals surface area contributed by atoms with Crippen LogP contribution < -0.4 is 19.5 Å². The zero-order valence-corrected chi connectivity index (χ0v) is 16.2. The molecule has 0 unspecified atom stereocenters. The Kier molecular flexibility index (Phi) is 5.89. The predicted octanol–water partition coefficient (Wildman–Crippen LogP) is 4.27. The quantitative estimate of drug-likeness (QED) is 0.792. The molecule has 0 spiro atoms. The van der Waals surface area contributed by atoms with Crippen LogP contribution in [0.3, 0.4) is 0 Å². The van der Waals surface area contributed by atoms with E-state index in [0.29, 0.717) is 11.5 Å². The van der Waals surface area contributed by atoms with E-state index in [-0.39, 0.29) is 24.2 Å². The Labute approximate surface area is 160 Å². The Balaban J connectivity index is 1.68. The number of benzene rings is 2. The van der Waals surface area contributed by atoms with E-state index in [1.165, 1.54) is 0 Å². The van der Waals surface area contributed by atoms with Gasteiger partial charge in [0.2, 0.25) is 0 Å². The van der Waals surface area contributed by atoms with Crippen LogP contribution in [0.1, 0.15) is 44.7 Å². The average Bonchev–Trinajstić information content (AvgIpc) is 2.72.